The lowest BCUT2D eigenvalue weighted by Crippen LogP contribution is -2.35. The predicted molar refractivity (Wildman–Crippen MR) is 98.7 cm³/mol. The van der Waals surface area contributed by atoms with Gasteiger partial charge in [0.15, 0.2) is 11.6 Å². The van der Waals surface area contributed by atoms with Crippen molar-refractivity contribution < 1.29 is 23.5 Å². The summed E-state index contributed by atoms with van der Waals surface area (Å²) in [6.07, 6.45) is 4.07. The Morgan fingerprint density at radius 2 is 2.04 bits per heavy atom. The highest BCUT2D eigenvalue weighted by molar-refractivity contribution is 6.35. The van der Waals surface area contributed by atoms with Gasteiger partial charge in [-0.2, -0.15) is 0 Å². The van der Waals surface area contributed by atoms with Crippen LogP contribution in [0, 0.1) is 17.6 Å². The number of oxime groups is 1. The Hall–Kier alpha value is -2.87. The Kier molecular flexibility index (Phi) is 6.65. The van der Waals surface area contributed by atoms with Crippen LogP contribution in [0.4, 0.5) is 8.78 Å². The second-order valence-corrected chi connectivity index (χ2v) is 6.77. The lowest BCUT2D eigenvalue weighted by atomic mass is 9.97. The van der Waals surface area contributed by atoms with Crippen LogP contribution in [0.1, 0.15) is 28.8 Å². The van der Waals surface area contributed by atoms with E-state index in [1.54, 1.807) is 18.2 Å². The maximum absolute atomic E-state index is 13.3. The van der Waals surface area contributed by atoms with Gasteiger partial charge in [0.1, 0.15) is 6.21 Å². The summed E-state index contributed by atoms with van der Waals surface area (Å²) in [5.41, 5.74) is 1.08. The van der Waals surface area contributed by atoms with Crippen LogP contribution in [0.3, 0.4) is 0 Å². The molecule has 1 aromatic heterocycles. The van der Waals surface area contributed by atoms with Gasteiger partial charge >= 0.3 is 0 Å². The number of ether oxygens (including phenoxy) is 1. The number of Topliss-reactive ketones (excluding diaryl/α,β-unsaturated/α-hetero) is 1. The molecule has 0 atom stereocenters. The van der Waals surface area contributed by atoms with Crippen molar-refractivity contribution in [1.29, 1.82) is 0 Å². The molecule has 8 heteroatoms. The van der Waals surface area contributed by atoms with Crippen LogP contribution in [0.15, 0.2) is 41.7 Å². The van der Waals surface area contributed by atoms with Crippen molar-refractivity contribution in [3.05, 3.63) is 59.3 Å². The van der Waals surface area contributed by atoms with Crippen molar-refractivity contribution in [1.82, 2.24) is 9.88 Å². The highest BCUT2D eigenvalue weighted by Gasteiger charge is 2.20. The van der Waals surface area contributed by atoms with E-state index in [2.05, 4.69) is 15.0 Å². The van der Waals surface area contributed by atoms with Gasteiger partial charge in [-0.15, -0.1) is 0 Å². The Labute approximate surface area is 161 Å². The summed E-state index contributed by atoms with van der Waals surface area (Å²) >= 11 is 0. The second-order valence-electron chi connectivity index (χ2n) is 6.77. The highest BCUT2D eigenvalue weighted by Crippen LogP contribution is 2.21. The molecule has 0 bridgehead atoms. The van der Waals surface area contributed by atoms with E-state index in [1.807, 2.05) is 0 Å². The molecule has 148 valence electrons. The number of rotatable bonds is 7. The summed E-state index contributed by atoms with van der Waals surface area (Å²) in [5, 5.41) is 11.1. The van der Waals surface area contributed by atoms with Crippen LogP contribution in [-0.2, 0) is 6.54 Å². The first-order valence-electron chi connectivity index (χ1n) is 9.02. The van der Waals surface area contributed by atoms with E-state index in [-0.39, 0.29) is 0 Å². The lowest BCUT2D eigenvalue weighted by Gasteiger charge is -2.31. The SMILES string of the molecule is O=C(/C=N/O)c1ccc(OCC2CCN(Cc3ccc(F)c(F)c3)CC2)nc1. The number of likely N-dealkylation sites (tertiary alicyclic amines) is 1. The summed E-state index contributed by atoms with van der Waals surface area (Å²) in [5.74, 6) is -1.26. The van der Waals surface area contributed by atoms with Gasteiger partial charge in [-0.25, -0.2) is 13.8 Å². The van der Waals surface area contributed by atoms with Gasteiger partial charge in [0.2, 0.25) is 11.7 Å². The molecule has 6 nitrogen and oxygen atoms in total. The van der Waals surface area contributed by atoms with Crippen molar-refractivity contribution in [3.63, 3.8) is 0 Å². The zero-order valence-electron chi connectivity index (χ0n) is 15.2. The molecule has 0 aliphatic carbocycles. The number of halogens is 2. The molecule has 0 radical (unpaired) electrons. The van der Waals surface area contributed by atoms with Gasteiger partial charge in [-0.05, 0) is 55.6 Å². The molecule has 0 saturated carbocycles. The number of hydrogen-bond donors (Lipinski definition) is 1. The fraction of sp³-hybridized carbons (Fsp3) is 0.350. The number of hydrogen-bond acceptors (Lipinski definition) is 6. The number of aromatic nitrogens is 1. The second kappa shape index (κ2) is 9.36. The first-order valence-corrected chi connectivity index (χ1v) is 9.02. The third-order valence-corrected chi connectivity index (χ3v) is 4.76. The van der Waals surface area contributed by atoms with E-state index in [1.165, 1.54) is 12.3 Å². The van der Waals surface area contributed by atoms with Crippen LogP contribution in [-0.4, -0.2) is 46.8 Å². The number of nitrogens with zero attached hydrogens (tertiary/aromatic N) is 3. The van der Waals surface area contributed by atoms with Gasteiger partial charge in [0.05, 0.1) is 6.61 Å². The lowest BCUT2D eigenvalue weighted by molar-refractivity contribution is 0.106. The molecule has 1 saturated heterocycles. The molecule has 1 N–H and O–H groups in total. The minimum Gasteiger partial charge on any atom is -0.477 e. The average Bonchev–Trinajstić information content (AvgIpc) is 2.71. The summed E-state index contributed by atoms with van der Waals surface area (Å²) < 4.78 is 32.0. The van der Waals surface area contributed by atoms with E-state index in [0.29, 0.717) is 30.5 Å². The van der Waals surface area contributed by atoms with E-state index >= 15 is 0 Å². The van der Waals surface area contributed by atoms with Gasteiger partial charge < -0.3 is 9.94 Å². The third-order valence-electron chi connectivity index (χ3n) is 4.76. The zero-order chi connectivity index (χ0) is 19.9. The first kappa shape index (κ1) is 19.9. The topological polar surface area (TPSA) is 75.0 Å². The van der Waals surface area contributed by atoms with Gasteiger partial charge in [0, 0.05) is 24.4 Å². The molecule has 0 spiro atoms. The normalized spacial score (nSPS) is 15.8. The molecule has 3 rings (SSSR count). The number of pyridine rings is 1. The van der Waals surface area contributed by atoms with E-state index in [0.717, 1.165) is 43.8 Å². The smallest absolute Gasteiger partial charge is 0.213 e. The van der Waals surface area contributed by atoms with Crippen LogP contribution < -0.4 is 4.74 Å². The van der Waals surface area contributed by atoms with Gasteiger partial charge in [-0.1, -0.05) is 11.2 Å². The molecule has 1 aliphatic rings. The first-order chi connectivity index (χ1) is 13.5. The quantitative estimate of drug-likeness (QED) is 0.340. The average molecular weight is 389 g/mol. The molecule has 1 fully saturated rings. The number of carbonyl (C=O) groups is 1. The monoisotopic (exact) mass is 389 g/mol. The Bertz CT molecular complexity index is 835. The van der Waals surface area contributed by atoms with Crippen molar-refractivity contribution in [2.24, 2.45) is 11.1 Å². The van der Waals surface area contributed by atoms with Crippen molar-refractivity contribution in [2.75, 3.05) is 19.7 Å². The molecule has 2 heterocycles. The zero-order valence-corrected chi connectivity index (χ0v) is 15.2. The molecule has 2 aromatic rings. The highest BCUT2D eigenvalue weighted by atomic mass is 19.2. The summed E-state index contributed by atoms with van der Waals surface area (Å²) in [4.78, 5) is 17.8. The summed E-state index contributed by atoms with van der Waals surface area (Å²) in [7, 11) is 0. The van der Waals surface area contributed by atoms with Crippen LogP contribution in [0.2, 0.25) is 0 Å². The number of carbonyl (C=O) groups excluding carboxylic acids is 1. The fourth-order valence-electron chi connectivity index (χ4n) is 3.15. The van der Waals surface area contributed by atoms with Crippen molar-refractivity contribution in [3.8, 4) is 5.88 Å². The molecular formula is C20H21F2N3O3. The molecule has 1 aromatic carbocycles. The van der Waals surface area contributed by atoms with Crippen LogP contribution >= 0.6 is 0 Å². The number of piperidine rings is 1. The maximum atomic E-state index is 13.3. The number of ketones is 1. The maximum Gasteiger partial charge on any atom is 0.213 e. The van der Waals surface area contributed by atoms with Crippen LogP contribution in [0.25, 0.3) is 0 Å². The standard InChI is InChI=1S/C20H21F2N3O3/c21-17-3-1-15(9-18(17)22)12-25-7-5-14(6-8-25)13-28-20-4-2-16(10-23-20)19(26)11-24-27/h1-4,9-11,14,27H,5-8,12-13H2/b24-11+. The summed E-state index contributed by atoms with van der Waals surface area (Å²) in [6, 6.07) is 7.19. The minimum absolute atomic E-state index is 0.315. The van der Waals surface area contributed by atoms with Crippen molar-refractivity contribution >= 4 is 12.0 Å². The molecule has 1 aliphatic heterocycles. The van der Waals surface area contributed by atoms with E-state index in [4.69, 9.17) is 9.94 Å². The van der Waals surface area contributed by atoms with Crippen LogP contribution in [0.5, 0.6) is 5.88 Å². The van der Waals surface area contributed by atoms with Gasteiger partial charge in [-0.3, -0.25) is 9.69 Å². The van der Waals surface area contributed by atoms with E-state index in [9.17, 15) is 13.6 Å². The Morgan fingerprint density at radius 1 is 1.25 bits per heavy atom. The largest absolute Gasteiger partial charge is 0.477 e. The minimum atomic E-state index is -0.827. The third kappa shape index (κ3) is 5.32. The van der Waals surface area contributed by atoms with Gasteiger partial charge in [0.25, 0.3) is 0 Å². The molecular weight excluding hydrogens is 368 g/mol. The molecule has 0 amide bonds. The number of benzene rings is 1. The Balaban J connectivity index is 1.43. The predicted octanol–water partition coefficient (Wildman–Crippen LogP) is 3.29. The Morgan fingerprint density at radius 3 is 2.68 bits per heavy atom. The molecule has 0 unspecified atom stereocenters. The molecule has 28 heavy (non-hydrogen) atoms. The van der Waals surface area contributed by atoms with Crippen molar-refractivity contribution in [2.45, 2.75) is 19.4 Å². The summed E-state index contributed by atoms with van der Waals surface area (Å²) in [6.45, 7) is 2.83. The van der Waals surface area contributed by atoms with E-state index < -0.39 is 17.4 Å². The fourth-order valence-corrected chi connectivity index (χ4v) is 3.15.